The van der Waals surface area contributed by atoms with E-state index in [1.807, 2.05) is 24.4 Å². The SMILES string of the molecule is Cc1csc([C@H](C#N)C(=O)CSc2nc3cc(Cl)ccc3s2)n1. The maximum Gasteiger partial charge on any atom is 0.167 e. The Kier molecular flexibility index (Phi) is 4.97. The number of hydrogen-bond acceptors (Lipinski definition) is 7. The number of ketones is 1. The maximum atomic E-state index is 12.3. The summed E-state index contributed by atoms with van der Waals surface area (Å²) in [6.45, 7) is 1.85. The fraction of sp³-hybridized carbons (Fsp3) is 0.200. The van der Waals surface area contributed by atoms with Gasteiger partial charge in [0.1, 0.15) is 5.01 Å². The fourth-order valence-corrected chi connectivity index (χ4v) is 4.91. The Bertz CT molecular complexity index is 912. The quantitative estimate of drug-likeness (QED) is 0.602. The van der Waals surface area contributed by atoms with Crippen LogP contribution in [0.4, 0.5) is 0 Å². The molecule has 1 aromatic carbocycles. The van der Waals surface area contributed by atoms with Crippen LogP contribution in [0.3, 0.4) is 0 Å². The summed E-state index contributed by atoms with van der Waals surface area (Å²) in [5, 5.41) is 12.3. The molecule has 23 heavy (non-hydrogen) atoms. The summed E-state index contributed by atoms with van der Waals surface area (Å²) < 4.78 is 1.82. The van der Waals surface area contributed by atoms with Gasteiger partial charge in [-0.15, -0.1) is 22.7 Å². The summed E-state index contributed by atoms with van der Waals surface area (Å²) in [7, 11) is 0. The van der Waals surface area contributed by atoms with E-state index in [0.717, 1.165) is 20.3 Å². The van der Waals surface area contributed by atoms with E-state index in [0.29, 0.717) is 10.0 Å². The lowest BCUT2D eigenvalue weighted by Crippen LogP contribution is -2.13. The molecule has 0 N–H and O–H groups in total. The van der Waals surface area contributed by atoms with Gasteiger partial charge >= 0.3 is 0 Å². The van der Waals surface area contributed by atoms with Crippen LogP contribution < -0.4 is 0 Å². The number of carbonyl (C=O) groups excluding carboxylic acids is 1. The van der Waals surface area contributed by atoms with Crippen molar-refractivity contribution in [2.24, 2.45) is 0 Å². The van der Waals surface area contributed by atoms with E-state index in [1.54, 1.807) is 6.07 Å². The second-order valence-electron chi connectivity index (χ2n) is 4.74. The highest BCUT2D eigenvalue weighted by atomic mass is 35.5. The third-order valence-electron chi connectivity index (χ3n) is 3.00. The van der Waals surface area contributed by atoms with Gasteiger partial charge in [-0.05, 0) is 25.1 Å². The van der Waals surface area contributed by atoms with Gasteiger partial charge in [0.05, 0.1) is 22.0 Å². The number of aromatic nitrogens is 2. The highest BCUT2D eigenvalue weighted by molar-refractivity contribution is 8.01. The molecule has 0 fully saturated rings. The summed E-state index contributed by atoms with van der Waals surface area (Å²) in [4.78, 5) is 21.0. The first-order valence-electron chi connectivity index (χ1n) is 6.60. The third-order valence-corrected chi connectivity index (χ3v) is 6.47. The van der Waals surface area contributed by atoms with Gasteiger partial charge in [0.15, 0.2) is 16.0 Å². The van der Waals surface area contributed by atoms with Gasteiger partial charge in [0, 0.05) is 16.1 Å². The molecule has 0 saturated heterocycles. The lowest BCUT2D eigenvalue weighted by atomic mass is 10.1. The Balaban J connectivity index is 1.71. The molecule has 0 amide bonds. The lowest BCUT2D eigenvalue weighted by Gasteiger charge is -2.03. The largest absolute Gasteiger partial charge is 0.297 e. The molecular weight excluding hydrogens is 370 g/mol. The molecule has 0 bridgehead atoms. The van der Waals surface area contributed by atoms with E-state index < -0.39 is 5.92 Å². The molecule has 116 valence electrons. The number of halogens is 1. The lowest BCUT2D eigenvalue weighted by molar-refractivity contribution is -0.116. The summed E-state index contributed by atoms with van der Waals surface area (Å²) >= 11 is 10.2. The zero-order chi connectivity index (χ0) is 16.4. The summed E-state index contributed by atoms with van der Waals surface area (Å²) in [5.41, 5.74) is 1.65. The van der Waals surface area contributed by atoms with Crippen molar-refractivity contribution < 1.29 is 4.79 Å². The van der Waals surface area contributed by atoms with Crippen molar-refractivity contribution in [1.82, 2.24) is 9.97 Å². The van der Waals surface area contributed by atoms with Gasteiger partial charge in [-0.25, -0.2) is 9.97 Å². The Morgan fingerprint density at radius 2 is 2.30 bits per heavy atom. The molecule has 0 radical (unpaired) electrons. The number of carbonyl (C=O) groups is 1. The topological polar surface area (TPSA) is 66.6 Å². The van der Waals surface area contributed by atoms with Crippen molar-refractivity contribution in [2.75, 3.05) is 5.75 Å². The zero-order valence-electron chi connectivity index (χ0n) is 11.9. The maximum absolute atomic E-state index is 12.3. The molecule has 0 aliphatic heterocycles. The number of nitrogens with zero attached hydrogens (tertiary/aromatic N) is 3. The normalized spacial score (nSPS) is 12.2. The molecule has 2 heterocycles. The first kappa shape index (κ1) is 16.4. The number of benzene rings is 1. The number of hydrogen-bond donors (Lipinski definition) is 0. The van der Waals surface area contributed by atoms with E-state index in [1.165, 1.54) is 34.4 Å². The molecule has 3 aromatic rings. The van der Waals surface area contributed by atoms with Crippen molar-refractivity contribution in [3.63, 3.8) is 0 Å². The van der Waals surface area contributed by atoms with Crippen molar-refractivity contribution in [3.05, 3.63) is 39.3 Å². The second kappa shape index (κ2) is 6.97. The van der Waals surface area contributed by atoms with Crippen LogP contribution in [0.25, 0.3) is 10.2 Å². The van der Waals surface area contributed by atoms with Crippen LogP contribution in [0, 0.1) is 18.3 Å². The van der Waals surface area contributed by atoms with Crippen LogP contribution in [0.1, 0.15) is 16.6 Å². The first-order valence-corrected chi connectivity index (χ1v) is 9.66. The molecule has 0 aliphatic rings. The average molecular weight is 380 g/mol. The molecule has 1 atom stereocenters. The van der Waals surface area contributed by atoms with Crippen molar-refractivity contribution in [3.8, 4) is 6.07 Å². The molecular formula is C15H10ClN3OS3. The van der Waals surface area contributed by atoms with Gasteiger partial charge in [-0.2, -0.15) is 5.26 Å². The standard InChI is InChI=1S/C15H10ClN3OS3/c1-8-6-21-14(18-8)10(5-17)12(20)7-22-15-19-11-4-9(16)2-3-13(11)23-15/h2-4,6,10H,7H2,1H3/t10-/m1/s1. The number of thioether (sulfide) groups is 1. The van der Waals surface area contributed by atoms with E-state index in [-0.39, 0.29) is 11.5 Å². The van der Waals surface area contributed by atoms with Crippen LogP contribution in [-0.4, -0.2) is 21.5 Å². The van der Waals surface area contributed by atoms with Crippen molar-refractivity contribution >= 4 is 62.0 Å². The Labute approximate surface area is 150 Å². The van der Waals surface area contributed by atoms with Crippen LogP contribution in [0.15, 0.2) is 27.9 Å². The second-order valence-corrected chi connectivity index (χ2v) is 8.32. The van der Waals surface area contributed by atoms with Crippen LogP contribution in [0.2, 0.25) is 5.02 Å². The molecule has 0 saturated carbocycles. The van der Waals surface area contributed by atoms with Crippen LogP contribution in [-0.2, 0) is 4.79 Å². The van der Waals surface area contributed by atoms with Gasteiger partial charge in [0.25, 0.3) is 0 Å². The van der Waals surface area contributed by atoms with Crippen LogP contribution in [0.5, 0.6) is 0 Å². The Morgan fingerprint density at radius 1 is 1.48 bits per heavy atom. The first-order chi connectivity index (χ1) is 11.1. The minimum absolute atomic E-state index is 0.149. The fourth-order valence-electron chi connectivity index (χ4n) is 1.93. The molecule has 0 unspecified atom stereocenters. The van der Waals surface area contributed by atoms with Crippen molar-refractivity contribution in [2.45, 2.75) is 17.2 Å². The molecule has 8 heteroatoms. The minimum atomic E-state index is -0.801. The van der Waals surface area contributed by atoms with Gasteiger partial charge in [-0.3, -0.25) is 4.79 Å². The van der Waals surface area contributed by atoms with Crippen molar-refractivity contribution in [1.29, 1.82) is 5.26 Å². The molecule has 0 spiro atoms. The monoisotopic (exact) mass is 379 g/mol. The molecule has 0 aliphatic carbocycles. The summed E-state index contributed by atoms with van der Waals surface area (Å²) in [5.74, 6) is -0.751. The molecule has 4 nitrogen and oxygen atoms in total. The number of fused-ring (bicyclic) bond motifs is 1. The summed E-state index contributed by atoms with van der Waals surface area (Å²) in [6.07, 6.45) is 0. The number of Topliss-reactive ketones (excluding diaryl/α,β-unsaturated/α-hetero) is 1. The van der Waals surface area contributed by atoms with E-state index in [4.69, 9.17) is 11.6 Å². The predicted molar refractivity (Wildman–Crippen MR) is 95.6 cm³/mol. The Morgan fingerprint density at radius 3 is 3.00 bits per heavy atom. The zero-order valence-corrected chi connectivity index (χ0v) is 15.2. The van der Waals surface area contributed by atoms with E-state index in [9.17, 15) is 10.1 Å². The average Bonchev–Trinajstić information content (AvgIpc) is 3.11. The third kappa shape index (κ3) is 3.72. The molecule has 3 rings (SSSR count). The number of nitriles is 1. The minimum Gasteiger partial charge on any atom is -0.297 e. The smallest absolute Gasteiger partial charge is 0.167 e. The highest BCUT2D eigenvalue weighted by Gasteiger charge is 2.23. The highest BCUT2D eigenvalue weighted by Crippen LogP contribution is 2.32. The summed E-state index contributed by atoms with van der Waals surface area (Å²) in [6, 6.07) is 7.59. The number of aryl methyl sites for hydroxylation is 1. The number of thiazole rings is 2. The van der Waals surface area contributed by atoms with Gasteiger partial charge in [0.2, 0.25) is 0 Å². The van der Waals surface area contributed by atoms with Gasteiger partial charge in [-0.1, -0.05) is 23.4 Å². The van der Waals surface area contributed by atoms with E-state index >= 15 is 0 Å². The predicted octanol–water partition coefficient (Wildman–Crippen LogP) is 4.68. The van der Waals surface area contributed by atoms with E-state index in [2.05, 4.69) is 16.0 Å². The number of rotatable bonds is 5. The van der Waals surface area contributed by atoms with Gasteiger partial charge < -0.3 is 0 Å². The Hall–Kier alpha value is -1.46. The molecule has 2 aromatic heterocycles. The van der Waals surface area contributed by atoms with Crippen LogP contribution >= 0.6 is 46.0 Å².